The van der Waals surface area contributed by atoms with Crippen molar-refractivity contribution in [2.45, 2.75) is 63.8 Å². The molecule has 2 fully saturated rings. The summed E-state index contributed by atoms with van der Waals surface area (Å²) >= 11 is 1.44. The smallest absolute Gasteiger partial charge is 0.320 e. The van der Waals surface area contributed by atoms with Crippen LogP contribution in [0.5, 0.6) is 5.75 Å². The number of urea groups is 1. The zero-order valence-electron chi connectivity index (χ0n) is 21.3. The molecule has 1 aliphatic carbocycles. The fourth-order valence-electron chi connectivity index (χ4n) is 4.84. The minimum absolute atomic E-state index is 0.0932. The summed E-state index contributed by atoms with van der Waals surface area (Å²) in [5.41, 5.74) is -0.00611. The van der Waals surface area contributed by atoms with E-state index >= 15 is 4.39 Å². The number of piperidine rings is 1. The van der Waals surface area contributed by atoms with E-state index in [9.17, 15) is 19.2 Å². The first-order chi connectivity index (χ1) is 18.6. The van der Waals surface area contributed by atoms with E-state index in [2.05, 4.69) is 16.0 Å². The minimum Gasteiger partial charge on any atom is -0.488 e. The number of anilines is 1. The predicted octanol–water partition coefficient (Wildman–Crippen LogP) is 3.79. The number of ether oxygens (including phenoxy) is 1. The topological polar surface area (TPSA) is 130 Å². The second kappa shape index (κ2) is 9.30. The number of nitrogens with one attached hydrogen (secondary N) is 3. The maximum atomic E-state index is 15.5. The van der Waals surface area contributed by atoms with E-state index in [1.165, 1.54) is 28.4 Å². The van der Waals surface area contributed by atoms with Crippen molar-refractivity contribution < 1.29 is 28.3 Å². The SMILES string of the molecule is CC(C)(NC(=O)Nc1ccc2c(c1F)CN(C1CCC(=O)NC1=O)C2=O)c1nc2c(OC3CC3)cccc2s1. The van der Waals surface area contributed by atoms with Gasteiger partial charge in [-0.15, -0.1) is 11.3 Å². The summed E-state index contributed by atoms with van der Waals surface area (Å²) in [6.45, 7) is 3.48. The fraction of sp³-hybridized carbons (Fsp3) is 0.370. The Morgan fingerprint density at radius 3 is 2.72 bits per heavy atom. The maximum Gasteiger partial charge on any atom is 0.320 e. The molecule has 2 aliphatic heterocycles. The number of para-hydroxylation sites is 1. The van der Waals surface area contributed by atoms with Gasteiger partial charge in [-0.3, -0.25) is 19.7 Å². The minimum atomic E-state index is -0.879. The summed E-state index contributed by atoms with van der Waals surface area (Å²) in [7, 11) is 0. The number of hydrogen-bond donors (Lipinski definition) is 3. The van der Waals surface area contributed by atoms with Gasteiger partial charge in [0.15, 0.2) is 5.82 Å². The second-order valence-corrected chi connectivity index (χ2v) is 11.5. The Kier molecular flexibility index (Phi) is 6.01. The monoisotopic (exact) mass is 551 g/mol. The molecule has 1 atom stereocenters. The molecule has 12 heteroatoms. The van der Waals surface area contributed by atoms with E-state index in [1.807, 2.05) is 18.2 Å². The van der Waals surface area contributed by atoms with Gasteiger partial charge < -0.3 is 20.3 Å². The molecule has 0 radical (unpaired) electrons. The second-order valence-electron chi connectivity index (χ2n) is 10.5. The predicted molar refractivity (Wildman–Crippen MR) is 141 cm³/mol. The van der Waals surface area contributed by atoms with Crippen LogP contribution in [-0.2, 0) is 21.7 Å². The van der Waals surface area contributed by atoms with Gasteiger partial charge in [0.25, 0.3) is 5.91 Å². The number of aromatic nitrogens is 1. The van der Waals surface area contributed by atoms with Crippen LogP contribution in [-0.4, -0.2) is 45.8 Å². The van der Waals surface area contributed by atoms with Crippen LogP contribution in [0.2, 0.25) is 0 Å². The van der Waals surface area contributed by atoms with E-state index in [0.29, 0.717) is 5.01 Å². The first-order valence-electron chi connectivity index (χ1n) is 12.7. The van der Waals surface area contributed by atoms with Crippen LogP contribution in [0.25, 0.3) is 10.2 Å². The molecular formula is C27H26FN5O5S. The van der Waals surface area contributed by atoms with E-state index < -0.39 is 41.2 Å². The lowest BCUT2D eigenvalue weighted by atomic mass is 10.0. The molecule has 3 aromatic rings. The summed E-state index contributed by atoms with van der Waals surface area (Å²) in [5.74, 6) is -1.49. The van der Waals surface area contributed by atoms with Crippen LogP contribution in [0, 0.1) is 5.82 Å². The molecular weight excluding hydrogens is 525 g/mol. The number of carbonyl (C=O) groups excluding carboxylic acids is 4. The molecule has 1 aromatic heterocycles. The molecule has 3 aliphatic rings. The Hall–Kier alpha value is -4.06. The first-order valence-corrected chi connectivity index (χ1v) is 13.5. The van der Waals surface area contributed by atoms with Gasteiger partial charge in [-0.2, -0.15) is 0 Å². The first kappa shape index (κ1) is 25.2. The summed E-state index contributed by atoms with van der Waals surface area (Å²) < 4.78 is 22.4. The molecule has 1 saturated heterocycles. The number of hydrogen-bond acceptors (Lipinski definition) is 7. The molecule has 3 heterocycles. The molecule has 1 unspecified atom stereocenters. The molecule has 10 nitrogen and oxygen atoms in total. The molecule has 3 N–H and O–H groups in total. The quantitative estimate of drug-likeness (QED) is 0.400. The number of nitrogens with zero attached hydrogens (tertiary/aromatic N) is 2. The molecule has 2 aromatic carbocycles. The van der Waals surface area contributed by atoms with E-state index in [4.69, 9.17) is 9.72 Å². The maximum absolute atomic E-state index is 15.5. The van der Waals surface area contributed by atoms with E-state index in [0.717, 1.165) is 28.8 Å². The normalized spacial score (nSPS) is 19.2. The summed E-state index contributed by atoms with van der Waals surface area (Å²) in [6, 6.07) is 7.02. The van der Waals surface area contributed by atoms with Crippen molar-refractivity contribution in [3.8, 4) is 5.75 Å². The molecule has 39 heavy (non-hydrogen) atoms. The average molecular weight is 552 g/mol. The largest absolute Gasteiger partial charge is 0.488 e. The molecule has 0 spiro atoms. The van der Waals surface area contributed by atoms with Gasteiger partial charge in [0, 0.05) is 17.5 Å². The van der Waals surface area contributed by atoms with Gasteiger partial charge >= 0.3 is 6.03 Å². The summed E-state index contributed by atoms with van der Waals surface area (Å²) in [5, 5.41) is 8.29. The third kappa shape index (κ3) is 4.69. The molecule has 6 rings (SSSR count). The van der Waals surface area contributed by atoms with Gasteiger partial charge in [-0.05, 0) is 57.4 Å². The molecule has 5 amide bonds. The van der Waals surface area contributed by atoms with E-state index in [-0.39, 0.29) is 42.3 Å². The number of halogens is 1. The van der Waals surface area contributed by atoms with Crippen molar-refractivity contribution in [2.24, 2.45) is 0 Å². The van der Waals surface area contributed by atoms with Crippen molar-refractivity contribution in [3.63, 3.8) is 0 Å². The molecule has 1 saturated carbocycles. The lowest BCUT2D eigenvalue weighted by Crippen LogP contribution is -2.52. The lowest BCUT2D eigenvalue weighted by Gasteiger charge is -2.29. The van der Waals surface area contributed by atoms with Crippen molar-refractivity contribution in [1.82, 2.24) is 20.5 Å². The third-order valence-corrected chi connectivity index (χ3v) is 8.40. The lowest BCUT2D eigenvalue weighted by molar-refractivity contribution is -0.136. The number of benzene rings is 2. The van der Waals surface area contributed by atoms with Crippen LogP contribution in [0.4, 0.5) is 14.9 Å². The van der Waals surface area contributed by atoms with Crippen LogP contribution in [0.15, 0.2) is 30.3 Å². The Balaban J connectivity index is 1.17. The van der Waals surface area contributed by atoms with E-state index in [1.54, 1.807) is 13.8 Å². The number of imide groups is 1. The third-order valence-electron chi connectivity index (χ3n) is 7.06. The Bertz CT molecular complexity index is 1550. The highest BCUT2D eigenvalue weighted by molar-refractivity contribution is 7.18. The van der Waals surface area contributed by atoms with Crippen LogP contribution in [0.3, 0.4) is 0 Å². The average Bonchev–Trinajstić information content (AvgIpc) is 3.46. The van der Waals surface area contributed by atoms with Crippen LogP contribution < -0.4 is 20.7 Å². The van der Waals surface area contributed by atoms with Crippen molar-refractivity contribution in [1.29, 1.82) is 0 Å². The van der Waals surface area contributed by atoms with Gasteiger partial charge in [0.2, 0.25) is 11.8 Å². The highest BCUT2D eigenvalue weighted by Crippen LogP contribution is 2.37. The van der Waals surface area contributed by atoms with Gasteiger partial charge in [-0.25, -0.2) is 14.2 Å². The summed E-state index contributed by atoms with van der Waals surface area (Å²) in [4.78, 5) is 55.6. The van der Waals surface area contributed by atoms with Crippen LogP contribution >= 0.6 is 11.3 Å². The number of carbonyl (C=O) groups is 4. The highest BCUT2D eigenvalue weighted by Gasteiger charge is 2.40. The van der Waals surface area contributed by atoms with Crippen molar-refractivity contribution >= 4 is 51.0 Å². The molecule has 0 bridgehead atoms. The Morgan fingerprint density at radius 2 is 1.97 bits per heavy atom. The fourth-order valence-corrected chi connectivity index (χ4v) is 5.88. The number of fused-ring (bicyclic) bond motifs is 2. The van der Waals surface area contributed by atoms with Gasteiger partial charge in [-0.1, -0.05) is 6.07 Å². The highest BCUT2D eigenvalue weighted by atomic mass is 32.1. The van der Waals surface area contributed by atoms with Gasteiger partial charge in [0.05, 0.1) is 28.6 Å². The van der Waals surface area contributed by atoms with Crippen molar-refractivity contribution in [2.75, 3.05) is 5.32 Å². The zero-order valence-corrected chi connectivity index (χ0v) is 22.1. The number of thiazole rings is 1. The van der Waals surface area contributed by atoms with Gasteiger partial charge in [0.1, 0.15) is 22.3 Å². The Labute approximate surface area is 226 Å². The summed E-state index contributed by atoms with van der Waals surface area (Å²) in [6.07, 6.45) is 2.57. The zero-order chi connectivity index (χ0) is 27.5. The number of amides is 5. The molecule has 202 valence electrons. The number of rotatable bonds is 6. The Morgan fingerprint density at radius 1 is 1.18 bits per heavy atom. The van der Waals surface area contributed by atoms with Crippen LogP contribution in [0.1, 0.15) is 60.5 Å². The standard InChI is InChI=1S/C27H26FN5O5S/c1-27(2,25-31-22-18(38-13-6-7-13)4-3-5-19(22)39-25)32-26(37)29-16-9-8-14-15(21(16)28)12-33(24(14)36)17-10-11-20(34)30-23(17)35/h3-5,8-9,13,17H,6-7,10-12H2,1-2H3,(H2,29,32,37)(H,30,34,35). The van der Waals surface area contributed by atoms with Crippen molar-refractivity contribution in [3.05, 3.63) is 52.3 Å².